The molecule has 4 aromatic heterocycles. The van der Waals surface area contributed by atoms with Crippen LogP contribution >= 0.6 is 22.7 Å². The van der Waals surface area contributed by atoms with E-state index in [9.17, 15) is 0 Å². The molecule has 6 heteroatoms. The average Bonchev–Trinajstić information content (AvgIpc) is 3.87. The molecule has 0 aliphatic carbocycles. The van der Waals surface area contributed by atoms with Crippen molar-refractivity contribution in [2.24, 2.45) is 0 Å². The number of hydrogen-bond acceptors (Lipinski definition) is 5. The van der Waals surface area contributed by atoms with Gasteiger partial charge in [-0.2, -0.15) is 0 Å². The third-order valence-corrected chi connectivity index (χ3v) is 12.1. The Bertz CT molecular complexity index is 3080. The largest absolute Gasteiger partial charge is 0.308 e. The first kappa shape index (κ1) is 28.6. The Balaban J connectivity index is 1.29. The number of benzene rings is 7. The Morgan fingerprint density at radius 2 is 0.902 bits per heavy atom. The normalized spacial score (nSPS) is 11.9. The molecule has 0 radical (unpaired) electrons. The Morgan fingerprint density at radius 1 is 0.373 bits per heavy atom. The van der Waals surface area contributed by atoms with Crippen LogP contribution in [-0.4, -0.2) is 19.5 Å². The zero-order valence-electron chi connectivity index (χ0n) is 27.1. The van der Waals surface area contributed by atoms with Gasteiger partial charge in [-0.05, 0) is 36.4 Å². The molecule has 0 saturated heterocycles. The van der Waals surface area contributed by atoms with Gasteiger partial charge in [0.05, 0.1) is 16.7 Å². The van der Waals surface area contributed by atoms with Crippen molar-refractivity contribution < 1.29 is 0 Å². The molecule has 0 aliphatic heterocycles. The van der Waals surface area contributed by atoms with Crippen LogP contribution in [0.25, 0.3) is 102 Å². The van der Waals surface area contributed by atoms with E-state index in [1.807, 2.05) is 59.1 Å². The molecular formula is C45H26N4S2. The lowest BCUT2D eigenvalue weighted by Gasteiger charge is -2.14. The molecule has 0 spiro atoms. The molecule has 4 nitrogen and oxygen atoms in total. The average molecular weight is 687 g/mol. The Hall–Kier alpha value is -6.21. The van der Waals surface area contributed by atoms with Crippen LogP contribution in [0.3, 0.4) is 0 Å². The second kappa shape index (κ2) is 11.2. The molecule has 0 unspecified atom stereocenters. The van der Waals surface area contributed by atoms with E-state index >= 15 is 0 Å². The Kier molecular flexibility index (Phi) is 6.26. The predicted octanol–water partition coefficient (Wildman–Crippen LogP) is 12.7. The maximum atomic E-state index is 5.16. The second-order valence-electron chi connectivity index (χ2n) is 12.8. The molecule has 0 aliphatic rings. The van der Waals surface area contributed by atoms with Crippen LogP contribution in [-0.2, 0) is 0 Å². The van der Waals surface area contributed by atoms with Crippen molar-refractivity contribution >= 4 is 84.8 Å². The zero-order valence-corrected chi connectivity index (χ0v) is 28.7. The number of hydrogen-bond donors (Lipinski definition) is 0. The van der Waals surface area contributed by atoms with Crippen LogP contribution in [0.15, 0.2) is 158 Å². The van der Waals surface area contributed by atoms with Gasteiger partial charge < -0.3 is 4.57 Å². The summed E-state index contributed by atoms with van der Waals surface area (Å²) in [6.07, 6.45) is 0. The van der Waals surface area contributed by atoms with Gasteiger partial charge in [-0.25, -0.2) is 15.0 Å². The third-order valence-electron chi connectivity index (χ3n) is 9.83. The number of nitrogens with zero attached hydrogens (tertiary/aromatic N) is 4. The highest BCUT2D eigenvalue weighted by Gasteiger charge is 2.22. The highest BCUT2D eigenvalue weighted by molar-refractivity contribution is 7.26. The summed E-state index contributed by atoms with van der Waals surface area (Å²) in [5, 5.41) is 7.54. The van der Waals surface area contributed by atoms with Crippen molar-refractivity contribution in [1.82, 2.24) is 19.5 Å². The molecule has 7 aromatic carbocycles. The SMILES string of the molecule is c1ccc(-c2nc(-c3ccccc3)nc(-c3cc(-n4c5ccccc5c5ccc6sc7ccccc7c6c54)c4c(c3)sc3ccccc34)n2)cc1. The van der Waals surface area contributed by atoms with E-state index in [4.69, 9.17) is 15.0 Å². The molecule has 51 heavy (non-hydrogen) atoms. The fraction of sp³-hybridized carbons (Fsp3) is 0. The van der Waals surface area contributed by atoms with Gasteiger partial charge in [0.1, 0.15) is 0 Å². The first-order chi connectivity index (χ1) is 25.3. The fourth-order valence-corrected chi connectivity index (χ4v) is 9.87. The van der Waals surface area contributed by atoms with E-state index in [0.29, 0.717) is 17.5 Å². The Labute approximate surface area is 300 Å². The van der Waals surface area contributed by atoms with Crippen molar-refractivity contribution in [1.29, 1.82) is 0 Å². The molecule has 0 saturated carbocycles. The van der Waals surface area contributed by atoms with Crippen LogP contribution in [0.2, 0.25) is 0 Å². The van der Waals surface area contributed by atoms with Crippen LogP contribution < -0.4 is 0 Å². The topological polar surface area (TPSA) is 43.6 Å². The first-order valence-electron chi connectivity index (χ1n) is 16.9. The second-order valence-corrected chi connectivity index (χ2v) is 15.0. The number of thiophene rings is 2. The van der Waals surface area contributed by atoms with Gasteiger partial charge in [0.15, 0.2) is 17.5 Å². The zero-order chi connectivity index (χ0) is 33.5. The minimum Gasteiger partial charge on any atom is -0.308 e. The maximum Gasteiger partial charge on any atom is 0.164 e. The number of aromatic nitrogens is 4. The van der Waals surface area contributed by atoms with Crippen molar-refractivity contribution in [2.75, 3.05) is 0 Å². The van der Waals surface area contributed by atoms with Gasteiger partial charge in [-0.3, -0.25) is 0 Å². The molecule has 4 heterocycles. The summed E-state index contributed by atoms with van der Waals surface area (Å²) in [7, 11) is 0. The van der Waals surface area contributed by atoms with Gasteiger partial charge in [0, 0.05) is 67.8 Å². The predicted molar refractivity (Wildman–Crippen MR) is 216 cm³/mol. The summed E-state index contributed by atoms with van der Waals surface area (Å²) < 4.78 is 7.54. The van der Waals surface area contributed by atoms with E-state index in [2.05, 4.69) is 126 Å². The summed E-state index contributed by atoms with van der Waals surface area (Å²) in [4.78, 5) is 15.3. The number of fused-ring (bicyclic) bond motifs is 10. The highest BCUT2D eigenvalue weighted by atomic mass is 32.1. The van der Waals surface area contributed by atoms with Gasteiger partial charge in [-0.15, -0.1) is 22.7 Å². The van der Waals surface area contributed by atoms with E-state index in [0.717, 1.165) is 22.4 Å². The van der Waals surface area contributed by atoms with E-state index in [1.54, 1.807) is 0 Å². The smallest absolute Gasteiger partial charge is 0.164 e. The van der Waals surface area contributed by atoms with Crippen LogP contribution in [0.4, 0.5) is 0 Å². The summed E-state index contributed by atoms with van der Waals surface area (Å²) >= 11 is 3.68. The maximum absolute atomic E-state index is 5.16. The monoisotopic (exact) mass is 686 g/mol. The third kappa shape index (κ3) is 4.40. The van der Waals surface area contributed by atoms with Gasteiger partial charge in [0.25, 0.3) is 0 Å². The van der Waals surface area contributed by atoms with E-state index in [-0.39, 0.29) is 0 Å². The molecule has 0 amide bonds. The van der Waals surface area contributed by atoms with Gasteiger partial charge in [-0.1, -0.05) is 121 Å². The van der Waals surface area contributed by atoms with E-state index in [1.165, 1.54) is 62.2 Å². The van der Waals surface area contributed by atoms with Crippen molar-refractivity contribution in [2.45, 2.75) is 0 Å². The summed E-state index contributed by atoms with van der Waals surface area (Å²) in [6, 6.07) is 55.9. The summed E-state index contributed by atoms with van der Waals surface area (Å²) in [5.41, 5.74) is 6.39. The molecular weight excluding hydrogens is 661 g/mol. The molecule has 0 fully saturated rings. The van der Waals surface area contributed by atoms with Crippen LogP contribution in [0.5, 0.6) is 0 Å². The van der Waals surface area contributed by atoms with Crippen molar-refractivity contribution in [3.8, 4) is 39.9 Å². The lowest BCUT2D eigenvalue weighted by molar-refractivity contribution is 1.07. The molecule has 0 N–H and O–H groups in total. The quantitative estimate of drug-likeness (QED) is 0.185. The first-order valence-corrected chi connectivity index (χ1v) is 18.6. The lowest BCUT2D eigenvalue weighted by Crippen LogP contribution is -2.01. The molecule has 11 aromatic rings. The highest BCUT2D eigenvalue weighted by Crippen LogP contribution is 2.46. The molecule has 0 bridgehead atoms. The minimum absolute atomic E-state index is 0.648. The number of para-hydroxylation sites is 1. The van der Waals surface area contributed by atoms with Crippen molar-refractivity contribution in [3.05, 3.63) is 158 Å². The minimum atomic E-state index is 0.648. The fourth-order valence-electron chi connectivity index (χ4n) is 7.59. The van der Waals surface area contributed by atoms with Gasteiger partial charge in [0.2, 0.25) is 0 Å². The molecule has 238 valence electrons. The lowest BCUT2D eigenvalue weighted by atomic mass is 10.1. The van der Waals surface area contributed by atoms with Crippen LogP contribution in [0.1, 0.15) is 0 Å². The summed E-state index contributed by atoms with van der Waals surface area (Å²) in [6.45, 7) is 0. The van der Waals surface area contributed by atoms with Gasteiger partial charge >= 0.3 is 0 Å². The molecule has 11 rings (SSSR count). The summed E-state index contributed by atoms with van der Waals surface area (Å²) in [5.74, 6) is 1.96. The Morgan fingerprint density at radius 3 is 1.57 bits per heavy atom. The van der Waals surface area contributed by atoms with Crippen LogP contribution in [0, 0.1) is 0 Å². The van der Waals surface area contributed by atoms with E-state index < -0.39 is 0 Å². The van der Waals surface area contributed by atoms with Crippen molar-refractivity contribution in [3.63, 3.8) is 0 Å². The standard InChI is InChI=1S/C45H26N4S2/c1-3-13-27(14-4-1)43-46-44(28-15-5-2-6-16-28)48-45(47-43)29-25-35(40-32-18-8-11-21-36(32)51-39(40)26-29)49-34-20-10-7-17-30(34)31-23-24-38-41(42(31)49)33-19-9-12-22-37(33)50-38/h1-26H. The molecule has 0 atom stereocenters. The number of rotatable bonds is 4.